The Balaban J connectivity index is 1.41. The van der Waals surface area contributed by atoms with Crippen molar-refractivity contribution in [2.45, 2.75) is 43.2 Å². The molecule has 4 rings (SSSR count). The van der Waals surface area contributed by atoms with Crippen LogP contribution in [0.5, 0.6) is 11.5 Å². The van der Waals surface area contributed by atoms with Crippen LogP contribution in [0.25, 0.3) is 0 Å². The first kappa shape index (κ1) is 18.2. The average molecular weight is 387 g/mol. The topological polar surface area (TPSA) is 47.6 Å². The van der Waals surface area contributed by atoms with Crippen LogP contribution in [0.1, 0.15) is 37.4 Å². The summed E-state index contributed by atoms with van der Waals surface area (Å²) >= 11 is 1.69. The van der Waals surface area contributed by atoms with Crippen molar-refractivity contribution in [2.75, 3.05) is 12.4 Å². The SMILES string of the molecule is CC1(C)Cc2cccc(OCC(=O)N[C@@H]3CCSc4ccc(F)cc43)c2O1. The van der Waals surface area contributed by atoms with Gasteiger partial charge in [0.25, 0.3) is 5.91 Å². The van der Waals surface area contributed by atoms with Crippen molar-refractivity contribution in [1.29, 1.82) is 0 Å². The van der Waals surface area contributed by atoms with E-state index < -0.39 is 0 Å². The summed E-state index contributed by atoms with van der Waals surface area (Å²) in [4.78, 5) is 13.4. The molecule has 4 nitrogen and oxygen atoms in total. The maximum absolute atomic E-state index is 13.6. The second kappa shape index (κ2) is 7.08. The Morgan fingerprint density at radius 1 is 1.37 bits per heavy atom. The minimum Gasteiger partial charge on any atom is -0.483 e. The predicted octanol–water partition coefficient (Wildman–Crippen LogP) is 4.27. The van der Waals surface area contributed by atoms with Crippen molar-refractivity contribution in [1.82, 2.24) is 5.32 Å². The average Bonchev–Trinajstić information content (AvgIpc) is 2.95. The Morgan fingerprint density at radius 3 is 3.07 bits per heavy atom. The molecule has 0 unspecified atom stereocenters. The van der Waals surface area contributed by atoms with E-state index in [9.17, 15) is 9.18 Å². The van der Waals surface area contributed by atoms with Crippen molar-refractivity contribution in [3.63, 3.8) is 0 Å². The summed E-state index contributed by atoms with van der Waals surface area (Å²) in [6.45, 7) is 3.96. The largest absolute Gasteiger partial charge is 0.483 e. The van der Waals surface area contributed by atoms with Gasteiger partial charge in [-0.1, -0.05) is 12.1 Å². The maximum Gasteiger partial charge on any atom is 0.258 e. The van der Waals surface area contributed by atoms with Gasteiger partial charge < -0.3 is 14.8 Å². The highest BCUT2D eigenvalue weighted by Gasteiger charge is 2.32. The standard InChI is InChI=1S/C21H22FNO3S/c1-21(2)11-13-4-3-5-17(20(13)26-21)25-12-19(24)23-16-8-9-27-18-7-6-14(22)10-15(16)18/h3-7,10,16H,8-9,11-12H2,1-2H3,(H,23,24)/t16-/m1/s1. The van der Waals surface area contributed by atoms with Gasteiger partial charge in [0.2, 0.25) is 0 Å². The first-order valence-corrected chi connectivity index (χ1v) is 10.1. The molecule has 2 aromatic carbocycles. The third-order valence-electron chi connectivity index (χ3n) is 4.76. The quantitative estimate of drug-likeness (QED) is 0.851. The smallest absolute Gasteiger partial charge is 0.258 e. The minimum atomic E-state index is -0.286. The molecule has 0 bridgehead atoms. The molecule has 0 spiro atoms. The number of halogens is 1. The number of carbonyl (C=O) groups excluding carboxylic acids is 1. The van der Waals surface area contributed by atoms with Gasteiger partial charge in [0, 0.05) is 22.6 Å². The summed E-state index contributed by atoms with van der Waals surface area (Å²) in [6, 6.07) is 10.3. The first-order chi connectivity index (χ1) is 12.9. The maximum atomic E-state index is 13.6. The van der Waals surface area contributed by atoms with Crippen LogP contribution in [0, 0.1) is 5.82 Å². The molecule has 0 saturated carbocycles. The molecule has 0 fully saturated rings. The number of thioether (sulfide) groups is 1. The van der Waals surface area contributed by atoms with Gasteiger partial charge >= 0.3 is 0 Å². The number of benzene rings is 2. The fourth-order valence-electron chi connectivity index (χ4n) is 3.60. The van der Waals surface area contributed by atoms with Gasteiger partial charge in [0.1, 0.15) is 11.4 Å². The van der Waals surface area contributed by atoms with E-state index in [4.69, 9.17) is 9.47 Å². The van der Waals surface area contributed by atoms with Crippen molar-refractivity contribution < 1.29 is 18.7 Å². The molecule has 2 aromatic rings. The van der Waals surface area contributed by atoms with Crippen LogP contribution in [-0.4, -0.2) is 23.9 Å². The Bertz CT molecular complexity index is 884. The fourth-order valence-corrected chi connectivity index (χ4v) is 4.70. The van der Waals surface area contributed by atoms with Gasteiger partial charge in [-0.2, -0.15) is 0 Å². The van der Waals surface area contributed by atoms with Crippen molar-refractivity contribution in [3.8, 4) is 11.5 Å². The number of nitrogens with one attached hydrogen (secondary N) is 1. The number of para-hydroxylation sites is 1. The van der Waals surface area contributed by atoms with Crippen LogP contribution in [0.4, 0.5) is 4.39 Å². The Morgan fingerprint density at radius 2 is 2.22 bits per heavy atom. The molecule has 142 valence electrons. The lowest BCUT2D eigenvalue weighted by Gasteiger charge is -2.26. The van der Waals surface area contributed by atoms with E-state index in [2.05, 4.69) is 5.32 Å². The van der Waals surface area contributed by atoms with Crippen LogP contribution in [-0.2, 0) is 11.2 Å². The molecule has 0 aliphatic carbocycles. The zero-order valence-corrected chi connectivity index (χ0v) is 16.2. The normalized spacial score (nSPS) is 19.6. The van der Waals surface area contributed by atoms with E-state index in [0.29, 0.717) is 5.75 Å². The Labute approximate surface area is 162 Å². The molecular weight excluding hydrogens is 365 g/mol. The van der Waals surface area contributed by atoms with Crippen LogP contribution in [0.15, 0.2) is 41.3 Å². The minimum absolute atomic E-state index is 0.103. The number of ether oxygens (including phenoxy) is 2. The number of carbonyl (C=O) groups is 1. The van der Waals surface area contributed by atoms with Gasteiger partial charge in [-0.3, -0.25) is 4.79 Å². The lowest BCUT2D eigenvalue weighted by molar-refractivity contribution is -0.123. The molecule has 1 atom stereocenters. The van der Waals surface area contributed by atoms with E-state index >= 15 is 0 Å². The van der Waals surface area contributed by atoms with Gasteiger partial charge in [-0.05, 0) is 50.1 Å². The molecule has 0 saturated heterocycles. The molecule has 2 aliphatic rings. The van der Waals surface area contributed by atoms with E-state index in [1.54, 1.807) is 17.8 Å². The zero-order valence-electron chi connectivity index (χ0n) is 15.4. The zero-order chi connectivity index (χ0) is 19.0. The number of amides is 1. The van der Waals surface area contributed by atoms with Crippen LogP contribution >= 0.6 is 11.8 Å². The van der Waals surface area contributed by atoms with Crippen molar-refractivity contribution in [3.05, 3.63) is 53.3 Å². The molecule has 1 N–H and O–H groups in total. The summed E-state index contributed by atoms with van der Waals surface area (Å²) in [5.74, 6) is 1.68. The number of hydrogen-bond donors (Lipinski definition) is 1. The predicted molar refractivity (Wildman–Crippen MR) is 103 cm³/mol. The number of hydrogen-bond acceptors (Lipinski definition) is 4. The van der Waals surface area contributed by atoms with Gasteiger partial charge in [-0.15, -0.1) is 11.8 Å². The fraction of sp³-hybridized carbons (Fsp3) is 0.381. The van der Waals surface area contributed by atoms with Crippen LogP contribution in [0.3, 0.4) is 0 Å². The molecule has 2 aliphatic heterocycles. The van der Waals surface area contributed by atoms with Gasteiger partial charge in [-0.25, -0.2) is 4.39 Å². The highest BCUT2D eigenvalue weighted by molar-refractivity contribution is 7.99. The first-order valence-electron chi connectivity index (χ1n) is 9.07. The summed E-state index contributed by atoms with van der Waals surface area (Å²) in [6.07, 6.45) is 1.58. The second-order valence-electron chi connectivity index (χ2n) is 7.51. The van der Waals surface area contributed by atoms with E-state index in [1.165, 1.54) is 12.1 Å². The highest BCUT2D eigenvalue weighted by atomic mass is 32.2. The summed E-state index contributed by atoms with van der Waals surface area (Å²) in [7, 11) is 0. The molecular formula is C21H22FNO3S. The van der Waals surface area contributed by atoms with E-state index in [-0.39, 0.29) is 30.0 Å². The third-order valence-corrected chi connectivity index (χ3v) is 5.88. The van der Waals surface area contributed by atoms with E-state index in [1.807, 2.05) is 32.0 Å². The lowest BCUT2D eigenvalue weighted by Crippen LogP contribution is -2.34. The highest BCUT2D eigenvalue weighted by Crippen LogP contribution is 2.41. The molecule has 6 heteroatoms. The monoisotopic (exact) mass is 387 g/mol. The van der Waals surface area contributed by atoms with Gasteiger partial charge in [0.05, 0.1) is 6.04 Å². The summed E-state index contributed by atoms with van der Waals surface area (Å²) in [5.41, 5.74) is 1.66. The van der Waals surface area contributed by atoms with E-state index in [0.717, 1.165) is 40.4 Å². The molecule has 2 heterocycles. The van der Waals surface area contributed by atoms with Crippen LogP contribution in [0.2, 0.25) is 0 Å². The van der Waals surface area contributed by atoms with Crippen molar-refractivity contribution in [2.24, 2.45) is 0 Å². The molecule has 1 amide bonds. The summed E-state index contributed by atoms with van der Waals surface area (Å²) in [5, 5.41) is 2.97. The van der Waals surface area contributed by atoms with Crippen molar-refractivity contribution >= 4 is 17.7 Å². The lowest BCUT2D eigenvalue weighted by atomic mass is 10.0. The Hall–Kier alpha value is -2.21. The third kappa shape index (κ3) is 3.90. The Kier molecular flexibility index (Phi) is 4.76. The van der Waals surface area contributed by atoms with Crippen LogP contribution < -0.4 is 14.8 Å². The molecule has 0 radical (unpaired) electrons. The number of fused-ring (bicyclic) bond motifs is 2. The van der Waals surface area contributed by atoms with Gasteiger partial charge in [0.15, 0.2) is 18.1 Å². The summed E-state index contributed by atoms with van der Waals surface area (Å²) < 4.78 is 25.3. The molecule has 27 heavy (non-hydrogen) atoms. The second-order valence-corrected chi connectivity index (χ2v) is 8.65. The number of rotatable bonds is 4. The molecule has 0 aromatic heterocycles.